The van der Waals surface area contributed by atoms with Gasteiger partial charge in [-0.05, 0) is 11.8 Å². The third kappa shape index (κ3) is 2.81. The summed E-state index contributed by atoms with van der Waals surface area (Å²) in [5.74, 6) is 0.961. The maximum absolute atomic E-state index is 5.84. The molecule has 0 saturated carbocycles. The Bertz CT molecular complexity index is 527. The van der Waals surface area contributed by atoms with Crippen LogP contribution in [0, 0.1) is 0 Å². The number of hydrogen-bond donors (Lipinski definition) is 0. The summed E-state index contributed by atoms with van der Waals surface area (Å²) in [6.45, 7) is 6.35. The normalized spacial score (nSPS) is 12.1. The second-order valence-corrected chi connectivity index (χ2v) is 7.52. The largest absolute Gasteiger partial charge is 0.308 e. The van der Waals surface area contributed by atoms with E-state index in [1.807, 2.05) is 11.6 Å². The maximum atomic E-state index is 5.84. The number of thiazole rings is 1. The summed E-state index contributed by atoms with van der Waals surface area (Å²) in [5, 5.41) is 9.25. The molecule has 7 heteroatoms. The first-order valence-electron chi connectivity index (χ1n) is 5.07. The maximum Gasteiger partial charge on any atom is 0.198 e. The first kappa shape index (κ1) is 12.9. The Morgan fingerprint density at radius 1 is 1.35 bits per heavy atom. The summed E-state index contributed by atoms with van der Waals surface area (Å²) in [4.78, 5) is 4.19. The molecule has 2 rings (SSSR count). The van der Waals surface area contributed by atoms with E-state index in [1.165, 1.54) is 23.1 Å². The highest BCUT2D eigenvalue weighted by molar-refractivity contribution is 8.00. The van der Waals surface area contributed by atoms with Crippen molar-refractivity contribution in [3.05, 3.63) is 16.4 Å². The molecule has 0 radical (unpaired) electrons. The predicted octanol–water partition coefficient (Wildman–Crippen LogP) is 3.37. The zero-order valence-electron chi connectivity index (χ0n) is 10.1. The minimum atomic E-state index is -0.0128. The van der Waals surface area contributed by atoms with Gasteiger partial charge in [0.05, 0.1) is 6.20 Å². The van der Waals surface area contributed by atoms with Gasteiger partial charge in [0.2, 0.25) is 0 Å². The number of nitrogens with zero attached hydrogens (tertiary/aromatic N) is 4. The molecule has 0 aromatic carbocycles. The van der Waals surface area contributed by atoms with Crippen LogP contribution in [0.1, 0.15) is 26.6 Å². The molecule has 4 nitrogen and oxygen atoms in total. The topological polar surface area (TPSA) is 43.6 Å². The fourth-order valence-corrected chi connectivity index (χ4v) is 3.43. The molecule has 0 bridgehead atoms. The van der Waals surface area contributed by atoms with Crippen molar-refractivity contribution in [2.24, 2.45) is 7.05 Å². The second kappa shape index (κ2) is 4.59. The van der Waals surface area contributed by atoms with Gasteiger partial charge in [-0.25, -0.2) is 4.98 Å². The van der Waals surface area contributed by atoms with Crippen LogP contribution in [0.25, 0.3) is 0 Å². The molecule has 0 atom stereocenters. The third-order valence-corrected chi connectivity index (χ3v) is 4.37. The standard InChI is InChI=1S/C10H13ClN4S2/c1-10(2,3)7-13-14-8(15(7)4)17-9-12-5-6(11)16-9/h5H,1-4H3. The Kier molecular flexibility index (Phi) is 3.47. The van der Waals surface area contributed by atoms with Crippen molar-refractivity contribution in [2.75, 3.05) is 0 Å². The lowest BCUT2D eigenvalue weighted by Gasteiger charge is -2.16. The average Bonchev–Trinajstić information content (AvgIpc) is 2.74. The second-order valence-electron chi connectivity index (χ2n) is 4.65. The minimum Gasteiger partial charge on any atom is -0.308 e. The molecule has 17 heavy (non-hydrogen) atoms. The number of halogens is 1. The summed E-state index contributed by atoms with van der Waals surface area (Å²) in [7, 11) is 1.97. The van der Waals surface area contributed by atoms with Crippen LogP contribution in [0.3, 0.4) is 0 Å². The number of hydrogen-bond acceptors (Lipinski definition) is 5. The van der Waals surface area contributed by atoms with E-state index in [-0.39, 0.29) is 5.41 Å². The molecule has 0 fully saturated rings. The van der Waals surface area contributed by atoms with Gasteiger partial charge < -0.3 is 4.57 Å². The monoisotopic (exact) mass is 288 g/mol. The molecule has 92 valence electrons. The quantitative estimate of drug-likeness (QED) is 0.850. The van der Waals surface area contributed by atoms with E-state index >= 15 is 0 Å². The predicted molar refractivity (Wildman–Crippen MR) is 71.0 cm³/mol. The molecular formula is C10H13ClN4S2. The molecule has 2 aromatic rings. The fraction of sp³-hybridized carbons (Fsp3) is 0.500. The lowest BCUT2D eigenvalue weighted by molar-refractivity contribution is 0.513. The van der Waals surface area contributed by atoms with E-state index in [9.17, 15) is 0 Å². The van der Waals surface area contributed by atoms with Crippen molar-refractivity contribution in [1.29, 1.82) is 0 Å². The molecule has 2 aromatic heterocycles. The van der Waals surface area contributed by atoms with Gasteiger partial charge in [-0.2, -0.15) is 0 Å². The molecule has 0 saturated heterocycles. The molecular weight excluding hydrogens is 276 g/mol. The first-order chi connectivity index (χ1) is 7.88. The third-order valence-electron chi connectivity index (χ3n) is 2.14. The zero-order chi connectivity index (χ0) is 12.6. The van der Waals surface area contributed by atoms with Gasteiger partial charge in [-0.1, -0.05) is 43.7 Å². The summed E-state index contributed by atoms with van der Waals surface area (Å²) in [6, 6.07) is 0. The minimum absolute atomic E-state index is 0.0128. The van der Waals surface area contributed by atoms with E-state index in [0.717, 1.165) is 15.3 Å². The highest BCUT2D eigenvalue weighted by Crippen LogP contribution is 2.33. The van der Waals surface area contributed by atoms with Crippen LogP contribution in [-0.2, 0) is 12.5 Å². The highest BCUT2D eigenvalue weighted by atomic mass is 35.5. The van der Waals surface area contributed by atoms with Crippen LogP contribution in [0.5, 0.6) is 0 Å². The van der Waals surface area contributed by atoms with E-state index in [1.54, 1.807) is 6.20 Å². The molecule has 0 aliphatic carbocycles. The van der Waals surface area contributed by atoms with E-state index in [2.05, 4.69) is 36.0 Å². The summed E-state index contributed by atoms with van der Waals surface area (Å²) >= 11 is 8.77. The molecule has 0 amide bonds. The molecule has 0 aliphatic heterocycles. The lowest BCUT2D eigenvalue weighted by Crippen LogP contribution is -2.17. The van der Waals surface area contributed by atoms with Gasteiger partial charge in [0, 0.05) is 12.5 Å². The van der Waals surface area contributed by atoms with Crippen molar-refractivity contribution in [1.82, 2.24) is 19.7 Å². The van der Waals surface area contributed by atoms with Gasteiger partial charge in [0.25, 0.3) is 0 Å². The Labute approximate surface area is 113 Å². The van der Waals surface area contributed by atoms with Crippen LogP contribution < -0.4 is 0 Å². The van der Waals surface area contributed by atoms with Crippen LogP contribution in [0.4, 0.5) is 0 Å². The molecule has 2 heterocycles. The van der Waals surface area contributed by atoms with Gasteiger partial charge >= 0.3 is 0 Å². The molecule has 0 aliphatic rings. The Balaban J connectivity index is 2.26. The van der Waals surface area contributed by atoms with Crippen molar-refractivity contribution in [3.8, 4) is 0 Å². The highest BCUT2D eigenvalue weighted by Gasteiger charge is 2.22. The van der Waals surface area contributed by atoms with Crippen molar-refractivity contribution >= 4 is 34.7 Å². The molecule has 0 N–H and O–H groups in total. The van der Waals surface area contributed by atoms with Crippen LogP contribution >= 0.6 is 34.7 Å². The summed E-state index contributed by atoms with van der Waals surface area (Å²) in [5.41, 5.74) is -0.0128. The Morgan fingerprint density at radius 2 is 2.06 bits per heavy atom. The number of rotatable bonds is 2. The fourth-order valence-electron chi connectivity index (χ4n) is 1.42. The smallest absolute Gasteiger partial charge is 0.198 e. The lowest BCUT2D eigenvalue weighted by atomic mass is 9.96. The van der Waals surface area contributed by atoms with E-state index in [4.69, 9.17) is 11.6 Å². The Hall–Kier alpha value is -0.590. The van der Waals surface area contributed by atoms with Crippen molar-refractivity contribution in [2.45, 2.75) is 35.7 Å². The van der Waals surface area contributed by atoms with Crippen molar-refractivity contribution < 1.29 is 0 Å². The van der Waals surface area contributed by atoms with Gasteiger partial charge in [-0.15, -0.1) is 10.2 Å². The van der Waals surface area contributed by atoms with Gasteiger partial charge in [0.1, 0.15) is 10.2 Å². The zero-order valence-corrected chi connectivity index (χ0v) is 12.4. The summed E-state index contributed by atoms with van der Waals surface area (Å²) in [6.07, 6.45) is 1.65. The van der Waals surface area contributed by atoms with E-state index in [0.29, 0.717) is 4.34 Å². The van der Waals surface area contributed by atoms with Gasteiger partial charge in [-0.3, -0.25) is 0 Å². The Morgan fingerprint density at radius 3 is 2.53 bits per heavy atom. The molecule has 0 unspecified atom stereocenters. The molecule has 0 spiro atoms. The van der Waals surface area contributed by atoms with Crippen molar-refractivity contribution in [3.63, 3.8) is 0 Å². The van der Waals surface area contributed by atoms with Crippen LogP contribution in [-0.4, -0.2) is 19.7 Å². The summed E-state index contributed by atoms with van der Waals surface area (Å²) < 4.78 is 3.57. The number of aromatic nitrogens is 4. The van der Waals surface area contributed by atoms with E-state index < -0.39 is 0 Å². The van der Waals surface area contributed by atoms with Gasteiger partial charge in [0.15, 0.2) is 9.50 Å². The van der Waals surface area contributed by atoms with Crippen LogP contribution in [0.2, 0.25) is 4.34 Å². The SMILES string of the molecule is Cn1c(Sc2ncc(Cl)s2)nnc1C(C)(C)C. The average molecular weight is 289 g/mol. The van der Waals surface area contributed by atoms with Crippen LogP contribution in [0.15, 0.2) is 15.7 Å². The first-order valence-corrected chi connectivity index (χ1v) is 7.08.